The van der Waals surface area contributed by atoms with Gasteiger partial charge in [-0.3, -0.25) is 14.3 Å². The van der Waals surface area contributed by atoms with Gasteiger partial charge in [0.1, 0.15) is 5.82 Å². The van der Waals surface area contributed by atoms with E-state index in [9.17, 15) is 13.6 Å². The minimum atomic E-state index is -0.920. The molecule has 1 N–H and O–H groups in total. The number of fused-ring (bicyclic) bond motifs is 2. The van der Waals surface area contributed by atoms with Crippen LogP contribution in [-0.4, -0.2) is 28.2 Å². The number of aromatic nitrogens is 3. The maximum absolute atomic E-state index is 14.7. The van der Waals surface area contributed by atoms with E-state index in [2.05, 4.69) is 15.1 Å². The Morgan fingerprint density at radius 3 is 2.56 bits per heavy atom. The van der Waals surface area contributed by atoms with Crippen molar-refractivity contribution in [2.75, 3.05) is 13.7 Å². The third-order valence-corrected chi connectivity index (χ3v) is 7.17. The second-order valence-electron chi connectivity index (χ2n) is 9.44. The molecule has 2 aromatic heterocycles. The first-order chi connectivity index (χ1) is 17.3. The molecule has 1 aliphatic carbocycles. The number of hydrogen-bond acceptors (Lipinski definition) is 5. The number of ether oxygens (including phenoxy) is 1. The number of pyridine rings is 1. The van der Waals surface area contributed by atoms with E-state index in [0.29, 0.717) is 22.8 Å². The van der Waals surface area contributed by atoms with Gasteiger partial charge in [0.25, 0.3) is 5.56 Å². The Morgan fingerprint density at radius 1 is 1.19 bits per heavy atom. The molecule has 0 spiro atoms. The van der Waals surface area contributed by atoms with E-state index in [-0.39, 0.29) is 16.8 Å². The standard InChI is InChI=1S/C27H21F2N5O2/c1-14-6-16(4-5-31-14)19-7-17(30-2)8-20-23(19)33-26(27-11-15(12-27)13-32-27)34(25(20)35)18-9-21(28)24(36-3)22(29)10-18/h4-10,15,32H,11-13H2,1,3H3. The van der Waals surface area contributed by atoms with Crippen molar-refractivity contribution >= 4 is 16.6 Å². The lowest BCUT2D eigenvalue weighted by molar-refractivity contribution is 0.211. The zero-order valence-electron chi connectivity index (χ0n) is 19.6. The largest absolute Gasteiger partial charge is 0.491 e. The summed E-state index contributed by atoms with van der Waals surface area (Å²) in [7, 11) is 1.18. The molecule has 0 radical (unpaired) electrons. The van der Waals surface area contributed by atoms with Crippen LogP contribution in [0, 0.1) is 31.0 Å². The highest BCUT2D eigenvalue weighted by Gasteiger charge is 2.54. The Bertz CT molecular complexity index is 1640. The molecule has 7 rings (SSSR count). The van der Waals surface area contributed by atoms with Gasteiger partial charge in [0.15, 0.2) is 23.1 Å². The van der Waals surface area contributed by atoms with Gasteiger partial charge in [-0.1, -0.05) is 0 Å². The molecule has 4 aromatic rings. The summed E-state index contributed by atoms with van der Waals surface area (Å²) in [5.74, 6) is -1.50. The van der Waals surface area contributed by atoms with Crippen molar-refractivity contribution in [3.05, 3.63) is 87.5 Å². The summed E-state index contributed by atoms with van der Waals surface area (Å²) in [6, 6.07) is 9.02. The molecule has 0 atom stereocenters. The van der Waals surface area contributed by atoms with Crippen LogP contribution in [0.15, 0.2) is 47.4 Å². The van der Waals surface area contributed by atoms with Crippen LogP contribution in [0.1, 0.15) is 24.4 Å². The Labute approximate surface area is 205 Å². The van der Waals surface area contributed by atoms with Crippen LogP contribution in [0.25, 0.3) is 32.6 Å². The van der Waals surface area contributed by atoms with E-state index in [0.717, 1.165) is 42.8 Å². The number of rotatable bonds is 4. The molecule has 9 heteroatoms. The summed E-state index contributed by atoms with van der Waals surface area (Å²) in [5, 5.41) is 3.67. The lowest BCUT2D eigenvalue weighted by Crippen LogP contribution is -2.45. The lowest BCUT2D eigenvalue weighted by Gasteiger charge is -2.38. The zero-order valence-corrected chi connectivity index (χ0v) is 19.6. The number of nitrogens with zero attached hydrogens (tertiary/aromatic N) is 4. The molecule has 2 aromatic carbocycles. The third-order valence-electron chi connectivity index (χ3n) is 7.17. The Hall–Kier alpha value is -4.16. The molecule has 180 valence electrons. The van der Waals surface area contributed by atoms with Crippen LogP contribution >= 0.6 is 0 Å². The average molecular weight is 485 g/mol. The molecule has 7 nitrogen and oxygen atoms in total. The van der Waals surface area contributed by atoms with Crippen molar-refractivity contribution in [3.8, 4) is 22.6 Å². The van der Waals surface area contributed by atoms with Crippen molar-refractivity contribution in [2.45, 2.75) is 25.3 Å². The summed E-state index contributed by atoms with van der Waals surface area (Å²) < 4.78 is 35.6. The molecule has 36 heavy (non-hydrogen) atoms. The summed E-state index contributed by atoms with van der Waals surface area (Å²) in [6.07, 6.45) is 3.21. The first-order valence-corrected chi connectivity index (χ1v) is 11.5. The lowest BCUT2D eigenvalue weighted by atomic mass is 9.73. The topological polar surface area (TPSA) is 73.4 Å². The SMILES string of the molecule is [C-]#[N+]c1cc(-c2ccnc(C)c2)c2nc(C34CC(CN3)C4)n(-c3cc(F)c(OC)c(F)c3)c(=O)c2c1. The Morgan fingerprint density at radius 2 is 1.94 bits per heavy atom. The van der Waals surface area contributed by atoms with Gasteiger partial charge in [0.05, 0.1) is 35.8 Å². The molecule has 2 saturated heterocycles. The van der Waals surface area contributed by atoms with Crippen LogP contribution in [-0.2, 0) is 5.54 Å². The van der Waals surface area contributed by atoms with Crippen molar-refractivity contribution in [1.82, 2.24) is 19.9 Å². The predicted octanol–water partition coefficient (Wildman–Crippen LogP) is 4.80. The fourth-order valence-electron chi connectivity index (χ4n) is 5.52. The van der Waals surface area contributed by atoms with E-state index in [1.54, 1.807) is 12.3 Å². The monoisotopic (exact) mass is 485 g/mol. The van der Waals surface area contributed by atoms with Crippen molar-refractivity contribution < 1.29 is 13.5 Å². The van der Waals surface area contributed by atoms with Gasteiger partial charge in [0.2, 0.25) is 0 Å². The van der Waals surface area contributed by atoms with Gasteiger partial charge in [-0.25, -0.2) is 18.6 Å². The molecule has 0 unspecified atom stereocenters. The first kappa shape index (κ1) is 22.3. The van der Waals surface area contributed by atoms with Crippen molar-refractivity contribution in [2.24, 2.45) is 5.92 Å². The summed E-state index contributed by atoms with van der Waals surface area (Å²) >= 11 is 0. The van der Waals surface area contributed by atoms with Crippen LogP contribution < -0.4 is 15.6 Å². The molecule has 2 aliphatic heterocycles. The van der Waals surface area contributed by atoms with Gasteiger partial charge in [-0.05, 0) is 67.6 Å². The van der Waals surface area contributed by atoms with Gasteiger partial charge in [-0.15, -0.1) is 0 Å². The zero-order chi connectivity index (χ0) is 25.2. The fraction of sp³-hybridized carbons (Fsp3) is 0.259. The van der Waals surface area contributed by atoms with Crippen molar-refractivity contribution in [1.29, 1.82) is 0 Å². The normalized spacial score (nSPS) is 20.2. The number of hydrogen-bond donors (Lipinski definition) is 1. The van der Waals surface area contributed by atoms with Crippen LogP contribution in [0.4, 0.5) is 14.5 Å². The molecular formula is C27H21F2N5O2. The Kier molecular flexibility index (Phi) is 4.92. The highest BCUT2D eigenvalue weighted by Crippen LogP contribution is 2.50. The Balaban J connectivity index is 1.72. The quantitative estimate of drug-likeness (QED) is 0.421. The molecular weight excluding hydrogens is 464 g/mol. The highest BCUT2D eigenvalue weighted by molar-refractivity contribution is 5.96. The summed E-state index contributed by atoms with van der Waals surface area (Å²) in [5.41, 5.74) is 1.83. The fourth-order valence-corrected chi connectivity index (χ4v) is 5.52. The maximum atomic E-state index is 14.7. The molecule has 1 saturated carbocycles. The summed E-state index contributed by atoms with van der Waals surface area (Å²) in [6.45, 7) is 10.2. The number of methoxy groups -OCH3 is 1. The first-order valence-electron chi connectivity index (χ1n) is 11.5. The predicted molar refractivity (Wildman–Crippen MR) is 130 cm³/mol. The second-order valence-corrected chi connectivity index (χ2v) is 9.44. The highest BCUT2D eigenvalue weighted by atomic mass is 19.1. The van der Waals surface area contributed by atoms with Crippen LogP contribution in [0.5, 0.6) is 5.75 Å². The van der Waals surface area contributed by atoms with Gasteiger partial charge < -0.3 is 10.1 Å². The van der Waals surface area contributed by atoms with Crippen LogP contribution in [0.2, 0.25) is 0 Å². The van der Waals surface area contributed by atoms with Crippen molar-refractivity contribution in [3.63, 3.8) is 0 Å². The van der Waals surface area contributed by atoms with E-state index >= 15 is 0 Å². The smallest absolute Gasteiger partial charge is 0.264 e. The van der Waals surface area contributed by atoms with E-state index < -0.39 is 28.5 Å². The third kappa shape index (κ3) is 3.22. The molecule has 2 bridgehead atoms. The van der Waals surface area contributed by atoms with Crippen LogP contribution in [0.3, 0.4) is 0 Å². The van der Waals surface area contributed by atoms with E-state index in [1.807, 2.05) is 19.1 Å². The number of aryl methyl sites for hydroxylation is 1. The second kappa shape index (κ2) is 7.93. The van der Waals surface area contributed by atoms with E-state index in [4.69, 9.17) is 16.3 Å². The maximum Gasteiger partial charge on any atom is 0.264 e. The molecule has 4 heterocycles. The minimum absolute atomic E-state index is 0.0150. The molecule has 3 fully saturated rings. The minimum Gasteiger partial charge on any atom is -0.491 e. The molecule has 3 aliphatic rings. The number of nitrogens with one attached hydrogen (secondary N) is 1. The number of benzene rings is 2. The number of halogens is 2. The molecule has 0 amide bonds. The van der Waals surface area contributed by atoms with E-state index in [1.165, 1.54) is 17.7 Å². The average Bonchev–Trinajstić information content (AvgIpc) is 3.46. The van der Waals surface area contributed by atoms with Gasteiger partial charge in [0, 0.05) is 24.0 Å². The van der Waals surface area contributed by atoms with Gasteiger partial charge >= 0.3 is 0 Å². The summed E-state index contributed by atoms with van der Waals surface area (Å²) in [4.78, 5) is 26.9. The van der Waals surface area contributed by atoms with Gasteiger partial charge in [-0.2, -0.15) is 0 Å².